The molecule has 0 heterocycles. The molecule has 0 saturated carbocycles. The molecule has 3 aromatic rings. The Hall–Kier alpha value is -4.74. The van der Waals surface area contributed by atoms with E-state index >= 15 is 0 Å². The van der Waals surface area contributed by atoms with Crippen LogP contribution >= 0.6 is 0 Å². The lowest BCUT2D eigenvalue weighted by Crippen LogP contribution is -2.28. The molecule has 0 N–H and O–H groups in total. The molecule has 10 heteroatoms. The Kier molecular flexibility index (Phi) is 9.24. The summed E-state index contributed by atoms with van der Waals surface area (Å²) >= 11 is 0. The summed E-state index contributed by atoms with van der Waals surface area (Å²) in [4.78, 5) is 0. The number of hydrogen-bond acceptors (Lipinski definition) is 2. The van der Waals surface area contributed by atoms with Crippen LogP contribution in [0, 0.1) is 35.1 Å². The number of ether oxygens (including phenoxy) is 2. The van der Waals surface area contributed by atoms with Gasteiger partial charge < -0.3 is 9.47 Å². The smallest absolute Gasteiger partial charge is 0.437 e. The van der Waals surface area contributed by atoms with E-state index in [0.29, 0.717) is 30.1 Å². The van der Waals surface area contributed by atoms with E-state index in [1.807, 2.05) is 0 Å². The van der Waals surface area contributed by atoms with Gasteiger partial charge in [-0.15, -0.1) is 0 Å². The fourth-order valence-electron chi connectivity index (χ4n) is 3.70. The van der Waals surface area contributed by atoms with Crippen molar-refractivity contribution >= 4 is 5.57 Å². The van der Waals surface area contributed by atoms with E-state index in [1.165, 1.54) is 11.8 Å². The Morgan fingerprint density at radius 1 is 0.762 bits per heavy atom. The summed E-state index contributed by atoms with van der Waals surface area (Å²) in [5.74, 6) is -4.75. The van der Waals surface area contributed by atoms with Gasteiger partial charge in [-0.3, -0.25) is 0 Å². The molecule has 42 heavy (non-hydrogen) atoms. The Morgan fingerprint density at radius 3 is 2.05 bits per heavy atom. The van der Waals surface area contributed by atoms with Crippen LogP contribution in [0.1, 0.15) is 36.5 Å². The van der Waals surface area contributed by atoms with Gasteiger partial charge in [-0.1, -0.05) is 37.0 Å². The summed E-state index contributed by atoms with van der Waals surface area (Å²) < 4.78 is 123. The largest absolute Gasteiger partial charge is 0.494 e. The third kappa shape index (κ3) is 7.31. The topological polar surface area (TPSA) is 18.5 Å². The van der Waals surface area contributed by atoms with E-state index in [0.717, 1.165) is 25.0 Å². The summed E-state index contributed by atoms with van der Waals surface area (Å²) in [6, 6.07) is 10.7. The quantitative estimate of drug-likeness (QED) is 0.0859. The summed E-state index contributed by atoms with van der Waals surface area (Å²) in [7, 11) is 0. The molecule has 0 unspecified atom stereocenters. The number of alkyl halides is 2. The third-order valence-corrected chi connectivity index (χ3v) is 5.79. The maximum atomic E-state index is 15.0. The molecule has 0 amide bonds. The van der Waals surface area contributed by atoms with Crippen LogP contribution in [0.15, 0.2) is 89.7 Å². The van der Waals surface area contributed by atoms with Gasteiger partial charge >= 0.3 is 6.11 Å². The van der Waals surface area contributed by atoms with E-state index in [9.17, 15) is 35.1 Å². The van der Waals surface area contributed by atoms with E-state index in [4.69, 9.17) is 4.74 Å². The second-order valence-electron chi connectivity index (χ2n) is 8.93. The standard InChI is InChI=1S/C32H20F8O2/c1-2-3-12-41-23-9-6-19(7-10-23)4-5-20-8-11-25(27(34)13-20)21-14-22(33)16-26(28(35)15-21)32(39,40)42-24-17-29(36)31(38)30(37)18-24/h6-11,13-15,17-18H,2-3,12H2,1H3. The monoisotopic (exact) mass is 588 g/mol. The van der Waals surface area contributed by atoms with Crippen molar-refractivity contribution < 1.29 is 44.6 Å². The molecule has 216 valence electrons. The first-order chi connectivity index (χ1) is 20.0. The predicted octanol–water partition coefficient (Wildman–Crippen LogP) is 9.12. The number of hydrogen-bond donors (Lipinski definition) is 0. The second-order valence-corrected chi connectivity index (χ2v) is 8.93. The highest BCUT2D eigenvalue weighted by molar-refractivity contribution is 5.78. The van der Waals surface area contributed by atoms with Gasteiger partial charge in [0.2, 0.25) is 0 Å². The highest BCUT2D eigenvalue weighted by Gasteiger charge is 2.41. The lowest BCUT2D eigenvalue weighted by molar-refractivity contribution is -0.141. The third-order valence-electron chi connectivity index (χ3n) is 5.79. The number of allylic oxidation sites excluding steroid dienone is 3. The zero-order valence-corrected chi connectivity index (χ0v) is 21.8. The van der Waals surface area contributed by atoms with Gasteiger partial charge in [-0.05, 0) is 60.5 Å². The first-order valence-corrected chi connectivity index (χ1v) is 12.5. The van der Waals surface area contributed by atoms with Crippen molar-refractivity contribution in [2.75, 3.05) is 6.61 Å². The van der Waals surface area contributed by atoms with Crippen LogP contribution in [-0.2, 0) is 0 Å². The molecule has 0 aromatic heterocycles. The molecule has 4 rings (SSSR count). The van der Waals surface area contributed by atoms with Crippen LogP contribution in [0.5, 0.6) is 11.5 Å². The molecule has 0 spiro atoms. The maximum Gasteiger partial charge on any atom is 0.437 e. The summed E-state index contributed by atoms with van der Waals surface area (Å²) in [6.07, 6.45) is -1.80. The van der Waals surface area contributed by atoms with Crippen LogP contribution in [0.2, 0.25) is 0 Å². The summed E-state index contributed by atoms with van der Waals surface area (Å²) in [5, 5.41) is 0. The van der Waals surface area contributed by atoms with Crippen molar-refractivity contribution in [2.45, 2.75) is 25.9 Å². The number of unbranched alkanes of at least 4 members (excludes halogenated alkanes) is 1. The number of benzene rings is 3. The summed E-state index contributed by atoms with van der Waals surface area (Å²) in [5.41, 5.74) is -0.250. The highest BCUT2D eigenvalue weighted by atomic mass is 19.3. The Labute approximate surface area is 235 Å². The lowest BCUT2D eigenvalue weighted by Gasteiger charge is -2.19. The minimum atomic E-state index is -4.71. The van der Waals surface area contributed by atoms with Gasteiger partial charge in [0, 0.05) is 28.8 Å². The first kappa shape index (κ1) is 30.2. The Bertz CT molecular complexity index is 1660. The molecule has 0 bridgehead atoms. The van der Waals surface area contributed by atoms with Crippen LogP contribution in [-0.4, -0.2) is 12.7 Å². The zero-order valence-electron chi connectivity index (χ0n) is 21.8. The molecular formula is C32H20F8O2. The van der Waals surface area contributed by atoms with Crippen LogP contribution in [0.4, 0.5) is 35.1 Å². The van der Waals surface area contributed by atoms with Crippen molar-refractivity contribution in [3.8, 4) is 23.3 Å². The molecule has 0 aliphatic heterocycles. The Balaban J connectivity index is 1.53. The lowest BCUT2D eigenvalue weighted by atomic mass is 10.0. The molecule has 3 aromatic carbocycles. The molecule has 2 nitrogen and oxygen atoms in total. The number of rotatable bonds is 8. The molecule has 0 fully saturated rings. The van der Waals surface area contributed by atoms with E-state index in [2.05, 4.69) is 23.5 Å². The van der Waals surface area contributed by atoms with Crippen molar-refractivity contribution in [3.63, 3.8) is 0 Å². The average molecular weight is 588 g/mol. The van der Waals surface area contributed by atoms with Crippen molar-refractivity contribution in [3.05, 3.63) is 130 Å². The average Bonchev–Trinajstić information content (AvgIpc) is 3.09. The minimum Gasteiger partial charge on any atom is -0.494 e. The molecule has 1 aliphatic rings. The van der Waals surface area contributed by atoms with Crippen molar-refractivity contribution in [1.82, 2.24) is 0 Å². The van der Waals surface area contributed by atoms with Crippen LogP contribution in [0.3, 0.4) is 0 Å². The van der Waals surface area contributed by atoms with Gasteiger partial charge in [0.1, 0.15) is 28.7 Å². The Morgan fingerprint density at radius 2 is 1.40 bits per heavy atom. The zero-order chi connectivity index (χ0) is 30.4. The van der Waals surface area contributed by atoms with Gasteiger partial charge in [-0.2, -0.15) is 13.2 Å². The van der Waals surface area contributed by atoms with E-state index in [1.54, 1.807) is 24.3 Å². The predicted molar refractivity (Wildman–Crippen MR) is 140 cm³/mol. The van der Waals surface area contributed by atoms with Crippen LogP contribution in [0.25, 0.3) is 5.57 Å². The fraction of sp³-hybridized carbons (Fsp3) is 0.156. The molecule has 0 radical (unpaired) electrons. The second kappa shape index (κ2) is 12.8. The van der Waals surface area contributed by atoms with Crippen molar-refractivity contribution in [2.24, 2.45) is 0 Å². The van der Waals surface area contributed by atoms with Crippen molar-refractivity contribution in [1.29, 1.82) is 0 Å². The van der Waals surface area contributed by atoms with E-state index in [-0.39, 0.29) is 23.3 Å². The van der Waals surface area contributed by atoms with Gasteiger partial charge in [-0.25, -0.2) is 22.0 Å². The van der Waals surface area contributed by atoms with E-state index < -0.39 is 57.9 Å². The van der Waals surface area contributed by atoms with Gasteiger partial charge in [0.15, 0.2) is 23.3 Å². The molecule has 0 saturated heterocycles. The number of halogens is 8. The van der Waals surface area contributed by atoms with Gasteiger partial charge in [0.05, 0.1) is 6.61 Å². The van der Waals surface area contributed by atoms with Crippen LogP contribution < -0.4 is 9.47 Å². The minimum absolute atomic E-state index is 0.104. The molecular weight excluding hydrogens is 568 g/mol. The molecule has 0 atom stereocenters. The summed E-state index contributed by atoms with van der Waals surface area (Å²) in [6.45, 7) is 2.64. The normalized spacial score (nSPS) is 13.2. The molecule has 1 aliphatic carbocycles. The van der Waals surface area contributed by atoms with Gasteiger partial charge in [0.25, 0.3) is 0 Å². The maximum absolute atomic E-state index is 15.0. The fourth-order valence-corrected chi connectivity index (χ4v) is 3.70. The highest BCUT2D eigenvalue weighted by Crippen LogP contribution is 2.37. The first-order valence-electron chi connectivity index (χ1n) is 12.5. The SMILES string of the molecule is CCCCOc1ccc(C#Cc2ccc(C3=CC(F)=C=C(C(F)(F)Oc4cc(F)c(F)c(F)c4)C(F)=C3)c(F)c2)cc1.